The zero-order valence-electron chi connectivity index (χ0n) is 8.82. The first-order valence-corrected chi connectivity index (χ1v) is 6.06. The van der Waals surface area contributed by atoms with Crippen LogP contribution in [0.15, 0.2) is 24.3 Å². The molecule has 0 heterocycles. The van der Waals surface area contributed by atoms with Gasteiger partial charge in [-0.15, -0.1) is 0 Å². The summed E-state index contributed by atoms with van der Waals surface area (Å²) in [7, 11) is 0. The van der Waals surface area contributed by atoms with Gasteiger partial charge < -0.3 is 5.11 Å². The second-order valence-corrected chi connectivity index (χ2v) is 4.88. The quantitative estimate of drug-likeness (QED) is 0.816. The number of hydrogen-bond acceptors (Lipinski definition) is 1. The molecule has 0 unspecified atom stereocenters. The number of hydrogen-bond donors (Lipinski definition) is 1. The minimum Gasteiger partial charge on any atom is -0.393 e. The third-order valence-electron chi connectivity index (χ3n) is 3.28. The second-order valence-electron chi connectivity index (χ2n) is 4.44. The number of aliphatic hydroxyl groups excluding tert-OH is 1. The van der Waals surface area contributed by atoms with Gasteiger partial charge in [0.1, 0.15) is 0 Å². The van der Waals surface area contributed by atoms with Gasteiger partial charge in [0.25, 0.3) is 0 Å². The van der Waals surface area contributed by atoms with Gasteiger partial charge in [-0.2, -0.15) is 0 Å². The summed E-state index contributed by atoms with van der Waals surface area (Å²) in [5.74, 6) is 0.444. The molecule has 0 bridgehead atoms. The first-order valence-electron chi connectivity index (χ1n) is 5.68. The summed E-state index contributed by atoms with van der Waals surface area (Å²) in [6.45, 7) is 0. The SMILES string of the molecule is O[C@@H]1CCCC[C@@H]1Cc1ccc(Cl)cc1. The van der Waals surface area contributed by atoms with Crippen LogP contribution in [0.25, 0.3) is 0 Å². The standard InChI is InChI=1S/C13H17ClO/c14-12-7-5-10(6-8-12)9-11-3-1-2-4-13(11)15/h5-8,11,13,15H,1-4,9H2/t11-,13-/m1/s1. The molecule has 1 fully saturated rings. The normalized spacial score (nSPS) is 26.5. The Morgan fingerprint density at radius 2 is 1.80 bits per heavy atom. The van der Waals surface area contributed by atoms with E-state index in [1.54, 1.807) is 0 Å². The summed E-state index contributed by atoms with van der Waals surface area (Å²) in [6, 6.07) is 7.96. The molecule has 1 saturated carbocycles. The maximum absolute atomic E-state index is 9.86. The van der Waals surface area contributed by atoms with E-state index < -0.39 is 0 Å². The lowest BCUT2D eigenvalue weighted by molar-refractivity contribution is 0.0700. The van der Waals surface area contributed by atoms with Gasteiger partial charge in [-0.1, -0.05) is 36.6 Å². The fourth-order valence-electron chi connectivity index (χ4n) is 2.35. The molecule has 0 saturated heterocycles. The Kier molecular flexibility index (Phi) is 3.66. The van der Waals surface area contributed by atoms with Gasteiger partial charge in [0.2, 0.25) is 0 Å². The molecular weight excluding hydrogens is 208 g/mol. The smallest absolute Gasteiger partial charge is 0.0571 e. The summed E-state index contributed by atoms with van der Waals surface area (Å²) in [4.78, 5) is 0. The van der Waals surface area contributed by atoms with Crippen molar-refractivity contribution in [3.63, 3.8) is 0 Å². The van der Waals surface area contributed by atoms with E-state index in [9.17, 15) is 5.11 Å². The molecular formula is C13H17ClO. The Morgan fingerprint density at radius 1 is 1.13 bits per heavy atom. The average molecular weight is 225 g/mol. The molecule has 0 radical (unpaired) electrons. The molecule has 82 valence electrons. The van der Waals surface area contributed by atoms with E-state index >= 15 is 0 Å². The van der Waals surface area contributed by atoms with Crippen LogP contribution in [0.2, 0.25) is 5.02 Å². The molecule has 2 heteroatoms. The average Bonchev–Trinajstić information content (AvgIpc) is 2.25. The van der Waals surface area contributed by atoms with Gasteiger partial charge in [-0.3, -0.25) is 0 Å². The fraction of sp³-hybridized carbons (Fsp3) is 0.538. The first kappa shape index (κ1) is 11.0. The highest BCUT2D eigenvalue weighted by atomic mass is 35.5. The maximum Gasteiger partial charge on any atom is 0.0571 e. The topological polar surface area (TPSA) is 20.2 Å². The molecule has 0 aliphatic heterocycles. The van der Waals surface area contributed by atoms with Crippen LogP contribution in [0, 0.1) is 5.92 Å². The number of rotatable bonds is 2. The molecule has 0 aromatic heterocycles. The van der Waals surface area contributed by atoms with E-state index in [0.29, 0.717) is 5.92 Å². The Morgan fingerprint density at radius 3 is 2.47 bits per heavy atom. The number of benzene rings is 1. The highest BCUT2D eigenvalue weighted by molar-refractivity contribution is 6.30. The van der Waals surface area contributed by atoms with E-state index in [0.717, 1.165) is 24.3 Å². The first-order chi connectivity index (χ1) is 7.25. The molecule has 1 aliphatic rings. The lowest BCUT2D eigenvalue weighted by Gasteiger charge is -2.27. The maximum atomic E-state index is 9.86. The zero-order chi connectivity index (χ0) is 10.7. The molecule has 15 heavy (non-hydrogen) atoms. The Labute approximate surface area is 96.1 Å². The van der Waals surface area contributed by atoms with Gasteiger partial charge in [0.05, 0.1) is 6.10 Å². The van der Waals surface area contributed by atoms with Crippen LogP contribution in [0.4, 0.5) is 0 Å². The predicted molar refractivity (Wildman–Crippen MR) is 63.1 cm³/mol. The summed E-state index contributed by atoms with van der Waals surface area (Å²) in [5.41, 5.74) is 1.28. The third-order valence-corrected chi connectivity index (χ3v) is 3.53. The molecule has 2 rings (SSSR count). The predicted octanol–water partition coefficient (Wildman–Crippen LogP) is 3.43. The molecule has 1 nitrogen and oxygen atoms in total. The van der Waals surface area contributed by atoms with Gasteiger partial charge in [0.15, 0.2) is 0 Å². The molecule has 2 atom stereocenters. The van der Waals surface area contributed by atoms with Crippen molar-refractivity contribution in [3.8, 4) is 0 Å². The van der Waals surface area contributed by atoms with Crippen molar-refractivity contribution in [3.05, 3.63) is 34.9 Å². The Hall–Kier alpha value is -0.530. The molecule has 0 spiro atoms. The molecule has 1 aliphatic carbocycles. The number of aliphatic hydroxyl groups is 1. The van der Waals surface area contributed by atoms with Crippen molar-refractivity contribution in [2.24, 2.45) is 5.92 Å². The summed E-state index contributed by atoms with van der Waals surface area (Å²) in [6.07, 6.45) is 5.45. The molecule has 0 amide bonds. The highest BCUT2D eigenvalue weighted by Crippen LogP contribution is 2.27. The minimum absolute atomic E-state index is 0.102. The Bertz CT molecular complexity index is 307. The van der Waals surface area contributed by atoms with Gasteiger partial charge in [0, 0.05) is 5.02 Å². The number of halogens is 1. The van der Waals surface area contributed by atoms with Crippen molar-refractivity contribution in [2.75, 3.05) is 0 Å². The lowest BCUT2D eigenvalue weighted by Crippen LogP contribution is -2.26. The van der Waals surface area contributed by atoms with Crippen LogP contribution >= 0.6 is 11.6 Å². The summed E-state index contributed by atoms with van der Waals surface area (Å²) >= 11 is 5.83. The van der Waals surface area contributed by atoms with E-state index in [4.69, 9.17) is 11.6 Å². The van der Waals surface area contributed by atoms with Crippen molar-refractivity contribution in [1.29, 1.82) is 0 Å². The largest absolute Gasteiger partial charge is 0.393 e. The van der Waals surface area contributed by atoms with E-state index in [-0.39, 0.29) is 6.10 Å². The Balaban J connectivity index is 1.98. The van der Waals surface area contributed by atoms with E-state index in [1.807, 2.05) is 12.1 Å². The monoisotopic (exact) mass is 224 g/mol. The molecule has 1 N–H and O–H groups in total. The van der Waals surface area contributed by atoms with E-state index in [2.05, 4.69) is 12.1 Å². The van der Waals surface area contributed by atoms with Crippen molar-refractivity contribution < 1.29 is 5.11 Å². The van der Waals surface area contributed by atoms with Crippen molar-refractivity contribution in [1.82, 2.24) is 0 Å². The van der Waals surface area contributed by atoms with Crippen LogP contribution < -0.4 is 0 Å². The summed E-state index contributed by atoms with van der Waals surface area (Å²) < 4.78 is 0. The van der Waals surface area contributed by atoms with Crippen LogP contribution in [0.5, 0.6) is 0 Å². The van der Waals surface area contributed by atoms with Gasteiger partial charge in [-0.05, 0) is 42.9 Å². The summed E-state index contributed by atoms with van der Waals surface area (Å²) in [5, 5.41) is 10.6. The van der Waals surface area contributed by atoms with Crippen LogP contribution in [-0.2, 0) is 6.42 Å². The van der Waals surface area contributed by atoms with Crippen molar-refractivity contribution in [2.45, 2.75) is 38.2 Å². The van der Waals surface area contributed by atoms with Crippen LogP contribution in [0.3, 0.4) is 0 Å². The van der Waals surface area contributed by atoms with E-state index in [1.165, 1.54) is 18.4 Å². The second kappa shape index (κ2) is 5.00. The van der Waals surface area contributed by atoms with Crippen molar-refractivity contribution >= 4 is 11.6 Å². The highest BCUT2D eigenvalue weighted by Gasteiger charge is 2.22. The minimum atomic E-state index is -0.102. The van der Waals surface area contributed by atoms with Crippen LogP contribution in [-0.4, -0.2) is 11.2 Å². The molecule has 1 aromatic rings. The zero-order valence-corrected chi connectivity index (χ0v) is 9.58. The molecule has 1 aromatic carbocycles. The van der Waals surface area contributed by atoms with Gasteiger partial charge in [-0.25, -0.2) is 0 Å². The third kappa shape index (κ3) is 2.96. The lowest BCUT2D eigenvalue weighted by atomic mass is 9.82. The fourth-order valence-corrected chi connectivity index (χ4v) is 2.48. The van der Waals surface area contributed by atoms with Gasteiger partial charge >= 0.3 is 0 Å². The van der Waals surface area contributed by atoms with Crippen LogP contribution in [0.1, 0.15) is 31.2 Å².